The average Bonchev–Trinajstić information content (AvgIpc) is 2.95. The van der Waals surface area contributed by atoms with Crippen LogP contribution >= 0.6 is 11.6 Å². The topological polar surface area (TPSA) is 67.2 Å². The van der Waals surface area contributed by atoms with E-state index in [1.807, 2.05) is 0 Å². The van der Waals surface area contributed by atoms with Gasteiger partial charge in [0, 0.05) is 32.4 Å². The Labute approximate surface area is 112 Å². The van der Waals surface area contributed by atoms with E-state index in [2.05, 4.69) is 9.82 Å². The van der Waals surface area contributed by atoms with Crippen LogP contribution in [-0.2, 0) is 16.8 Å². The van der Waals surface area contributed by atoms with Gasteiger partial charge in [-0.1, -0.05) is 11.6 Å². The van der Waals surface area contributed by atoms with E-state index in [9.17, 15) is 8.42 Å². The third kappa shape index (κ3) is 3.68. The minimum Gasteiger partial charge on any atom is -0.271 e. The third-order valence-electron chi connectivity index (χ3n) is 2.86. The summed E-state index contributed by atoms with van der Waals surface area (Å²) in [4.78, 5) is 0. The van der Waals surface area contributed by atoms with Crippen LogP contribution in [0.1, 0.15) is 19.3 Å². The Morgan fingerprint density at radius 2 is 2.11 bits per heavy atom. The van der Waals surface area contributed by atoms with E-state index in [1.54, 1.807) is 17.1 Å². The maximum atomic E-state index is 11.8. The average molecular weight is 293 g/mol. The molecule has 1 aromatic heterocycles. The highest BCUT2D eigenvalue weighted by Gasteiger charge is 2.24. The number of rotatable bonds is 6. The van der Waals surface area contributed by atoms with Crippen molar-refractivity contribution in [1.82, 2.24) is 18.8 Å². The highest BCUT2D eigenvalue weighted by Crippen LogP contribution is 2.11. The van der Waals surface area contributed by atoms with Gasteiger partial charge in [0.1, 0.15) is 0 Å². The maximum absolute atomic E-state index is 11.8. The second kappa shape index (κ2) is 6.01. The van der Waals surface area contributed by atoms with Crippen LogP contribution in [0.25, 0.3) is 0 Å². The molecule has 0 radical (unpaired) electrons. The second-order valence-electron chi connectivity index (χ2n) is 4.28. The lowest BCUT2D eigenvalue weighted by atomic mass is 10.4. The largest absolute Gasteiger partial charge is 0.279 e. The fourth-order valence-corrected chi connectivity index (χ4v) is 3.40. The van der Waals surface area contributed by atoms with Gasteiger partial charge in [-0.2, -0.15) is 17.8 Å². The molecule has 1 saturated heterocycles. The number of aromatic nitrogens is 2. The first kappa shape index (κ1) is 13.8. The van der Waals surface area contributed by atoms with Gasteiger partial charge in [0.2, 0.25) is 0 Å². The van der Waals surface area contributed by atoms with Gasteiger partial charge in [-0.05, 0) is 19.3 Å². The van der Waals surface area contributed by atoms with Crippen LogP contribution in [0.15, 0.2) is 12.4 Å². The first-order chi connectivity index (χ1) is 8.58. The normalized spacial score (nSPS) is 17.4. The molecule has 6 nitrogen and oxygen atoms in total. The standard InChI is InChI=1S/C10H17ClN4O2S/c11-10-8-12-14(9-10)5-3-4-13-18(16,17)15-6-1-2-7-15/h8-9,13H,1-7H2. The molecule has 0 bridgehead atoms. The minimum atomic E-state index is -3.28. The Balaban J connectivity index is 1.71. The summed E-state index contributed by atoms with van der Waals surface area (Å²) < 4.78 is 29.4. The molecule has 0 saturated carbocycles. The van der Waals surface area contributed by atoms with Crippen molar-refractivity contribution in [2.75, 3.05) is 19.6 Å². The quantitative estimate of drug-likeness (QED) is 0.791. The molecule has 0 aromatic carbocycles. The van der Waals surface area contributed by atoms with Crippen molar-refractivity contribution >= 4 is 21.8 Å². The van der Waals surface area contributed by atoms with Gasteiger partial charge in [-0.3, -0.25) is 4.68 Å². The molecule has 18 heavy (non-hydrogen) atoms. The van der Waals surface area contributed by atoms with Crippen LogP contribution in [0.2, 0.25) is 5.02 Å². The summed E-state index contributed by atoms with van der Waals surface area (Å²) >= 11 is 5.73. The zero-order chi connectivity index (χ0) is 13.0. The van der Waals surface area contributed by atoms with Gasteiger partial charge >= 0.3 is 0 Å². The first-order valence-corrected chi connectivity index (χ1v) is 7.82. The van der Waals surface area contributed by atoms with Gasteiger partial charge in [-0.15, -0.1) is 0 Å². The molecular weight excluding hydrogens is 276 g/mol. The van der Waals surface area contributed by atoms with Crippen LogP contribution in [-0.4, -0.2) is 42.1 Å². The summed E-state index contributed by atoms with van der Waals surface area (Å²) in [5.41, 5.74) is 0. The fourth-order valence-electron chi connectivity index (χ4n) is 1.92. The zero-order valence-corrected chi connectivity index (χ0v) is 11.6. The van der Waals surface area contributed by atoms with E-state index in [-0.39, 0.29) is 0 Å². The van der Waals surface area contributed by atoms with E-state index < -0.39 is 10.2 Å². The number of hydrogen-bond acceptors (Lipinski definition) is 3. The highest BCUT2D eigenvalue weighted by molar-refractivity contribution is 7.87. The highest BCUT2D eigenvalue weighted by atomic mass is 35.5. The van der Waals surface area contributed by atoms with Gasteiger partial charge in [-0.25, -0.2) is 4.72 Å². The number of aryl methyl sites for hydroxylation is 1. The predicted molar refractivity (Wildman–Crippen MR) is 69.6 cm³/mol. The molecule has 0 amide bonds. The predicted octanol–water partition coefficient (Wildman–Crippen LogP) is 0.857. The fraction of sp³-hybridized carbons (Fsp3) is 0.700. The van der Waals surface area contributed by atoms with Crippen LogP contribution in [0.5, 0.6) is 0 Å². The molecule has 8 heteroatoms. The molecule has 1 aromatic rings. The summed E-state index contributed by atoms with van der Waals surface area (Å²) in [6.07, 6.45) is 5.87. The van der Waals surface area contributed by atoms with E-state index in [0.29, 0.717) is 37.6 Å². The molecule has 0 aliphatic carbocycles. The summed E-state index contributed by atoms with van der Waals surface area (Å²) in [6, 6.07) is 0. The molecule has 0 unspecified atom stereocenters. The Kier molecular flexibility index (Phi) is 4.60. The van der Waals surface area contributed by atoms with Crippen molar-refractivity contribution in [1.29, 1.82) is 0 Å². The Hall–Kier alpha value is -0.630. The molecular formula is C10H17ClN4O2S. The van der Waals surface area contributed by atoms with Gasteiger partial charge in [0.05, 0.1) is 11.2 Å². The van der Waals surface area contributed by atoms with Gasteiger partial charge < -0.3 is 0 Å². The lowest BCUT2D eigenvalue weighted by Crippen LogP contribution is -2.39. The third-order valence-corrected chi connectivity index (χ3v) is 4.66. The molecule has 0 spiro atoms. The van der Waals surface area contributed by atoms with Crippen molar-refractivity contribution in [2.45, 2.75) is 25.8 Å². The van der Waals surface area contributed by atoms with Crippen LogP contribution < -0.4 is 4.72 Å². The SMILES string of the molecule is O=S(=O)(NCCCn1cc(Cl)cn1)N1CCCC1. The lowest BCUT2D eigenvalue weighted by Gasteiger charge is -2.15. The molecule has 2 heterocycles. The molecule has 1 aliphatic rings. The van der Waals surface area contributed by atoms with Gasteiger partial charge in [0.15, 0.2) is 0 Å². The first-order valence-electron chi connectivity index (χ1n) is 6.00. The van der Waals surface area contributed by atoms with E-state index >= 15 is 0 Å². The Morgan fingerprint density at radius 1 is 1.39 bits per heavy atom. The summed E-state index contributed by atoms with van der Waals surface area (Å²) in [7, 11) is -3.28. The van der Waals surface area contributed by atoms with Gasteiger partial charge in [0.25, 0.3) is 10.2 Å². The zero-order valence-electron chi connectivity index (χ0n) is 10.0. The van der Waals surface area contributed by atoms with Crippen LogP contribution in [0.4, 0.5) is 0 Å². The Bertz CT molecular complexity index is 482. The number of hydrogen-bond donors (Lipinski definition) is 1. The van der Waals surface area contributed by atoms with E-state index in [0.717, 1.165) is 12.8 Å². The van der Waals surface area contributed by atoms with Crippen molar-refractivity contribution < 1.29 is 8.42 Å². The summed E-state index contributed by atoms with van der Waals surface area (Å²) in [6.45, 7) is 2.32. The van der Waals surface area contributed by atoms with E-state index in [1.165, 1.54) is 4.31 Å². The molecule has 2 rings (SSSR count). The summed E-state index contributed by atoms with van der Waals surface area (Å²) in [5, 5.41) is 4.61. The molecule has 1 aliphatic heterocycles. The number of nitrogens with one attached hydrogen (secondary N) is 1. The molecule has 0 atom stereocenters. The molecule has 102 valence electrons. The van der Waals surface area contributed by atoms with Crippen molar-refractivity contribution in [3.05, 3.63) is 17.4 Å². The Morgan fingerprint density at radius 3 is 2.72 bits per heavy atom. The summed E-state index contributed by atoms with van der Waals surface area (Å²) in [5.74, 6) is 0. The molecule has 1 N–H and O–H groups in total. The number of halogens is 1. The smallest absolute Gasteiger partial charge is 0.271 e. The van der Waals surface area contributed by atoms with Crippen molar-refractivity contribution in [2.24, 2.45) is 0 Å². The minimum absolute atomic E-state index is 0.413. The maximum Gasteiger partial charge on any atom is 0.279 e. The second-order valence-corrected chi connectivity index (χ2v) is 6.47. The lowest BCUT2D eigenvalue weighted by molar-refractivity contribution is 0.461. The number of nitrogens with zero attached hydrogens (tertiary/aromatic N) is 3. The monoisotopic (exact) mass is 292 g/mol. The molecule has 1 fully saturated rings. The van der Waals surface area contributed by atoms with Crippen molar-refractivity contribution in [3.63, 3.8) is 0 Å². The van der Waals surface area contributed by atoms with Crippen LogP contribution in [0.3, 0.4) is 0 Å². The van der Waals surface area contributed by atoms with Crippen LogP contribution in [0, 0.1) is 0 Å². The van der Waals surface area contributed by atoms with E-state index in [4.69, 9.17) is 11.6 Å². The van der Waals surface area contributed by atoms with Crippen molar-refractivity contribution in [3.8, 4) is 0 Å².